The van der Waals surface area contributed by atoms with Crippen molar-refractivity contribution in [1.29, 1.82) is 0 Å². The van der Waals surface area contributed by atoms with Crippen molar-refractivity contribution in [3.63, 3.8) is 0 Å². The fourth-order valence-electron chi connectivity index (χ4n) is 1.69. The first-order chi connectivity index (χ1) is 6.88. The van der Waals surface area contributed by atoms with Crippen LogP contribution in [-0.2, 0) is 17.2 Å². The van der Waals surface area contributed by atoms with E-state index in [0.717, 1.165) is 5.69 Å². The van der Waals surface area contributed by atoms with Crippen molar-refractivity contribution in [2.75, 3.05) is 6.61 Å². The molecule has 0 radical (unpaired) electrons. The Kier molecular flexibility index (Phi) is 3.17. The second-order valence-electron chi connectivity index (χ2n) is 4.50. The lowest BCUT2D eigenvalue weighted by Crippen LogP contribution is -2.21. The highest BCUT2D eigenvalue weighted by Crippen LogP contribution is 2.25. The van der Waals surface area contributed by atoms with Gasteiger partial charge in [0.15, 0.2) is 0 Å². The number of esters is 1. The molecule has 4 nitrogen and oxygen atoms in total. The Balaban J connectivity index is 3.15. The Bertz CT molecular complexity index is 361. The van der Waals surface area contributed by atoms with Crippen LogP contribution in [0.5, 0.6) is 0 Å². The van der Waals surface area contributed by atoms with Crippen molar-refractivity contribution in [3.05, 3.63) is 17.5 Å². The van der Waals surface area contributed by atoms with Crippen molar-refractivity contribution in [2.24, 2.45) is 7.05 Å². The molecule has 1 rings (SSSR count). The number of ether oxygens (including phenoxy) is 1. The zero-order valence-electron chi connectivity index (χ0n) is 10.00. The predicted octanol–water partition coefficient (Wildman–Crippen LogP) is 1.89. The van der Waals surface area contributed by atoms with Crippen LogP contribution in [0.15, 0.2) is 6.20 Å². The van der Waals surface area contributed by atoms with Crippen LogP contribution >= 0.6 is 0 Å². The molecule has 0 N–H and O–H groups in total. The summed E-state index contributed by atoms with van der Waals surface area (Å²) in [5, 5.41) is 4.10. The third-order valence-corrected chi connectivity index (χ3v) is 2.14. The van der Waals surface area contributed by atoms with E-state index in [2.05, 4.69) is 5.10 Å². The molecular weight excluding hydrogens is 192 g/mol. The van der Waals surface area contributed by atoms with Crippen LogP contribution in [0.25, 0.3) is 0 Å². The average molecular weight is 210 g/mol. The van der Waals surface area contributed by atoms with Crippen LogP contribution in [0, 0.1) is 0 Å². The van der Waals surface area contributed by atoms with Gasteiger partial charge in [-0.15, -0.1) is 0 Å². The highest BCUT2D eigenvalue weighted by Gasteiger charge is 2.26. The fraction of sp³-hybridized carbons (Fsp3) is 0.636. The summed E-state index contributed by atoms with van der Waals surface area (Å²) in [7, 11) is 1.84. The van der Waals surface area contributed by atoms with Gasteiger partial charge in [0.1, 0.15) is 5.56 Å². The molecular formula is C11H18N2O2. The first-order valence-corrected chi connectivity index (χ1v) is 5.07. The van der Waals surface area contributed by atoms with Gasteiger partial charge in [-0.1, -0.05) is 20.8 Å². The molecule has 1 aromatic heterocycles. The molecule has 0 unspecified atom stereocenters. The smallest absolute Gasteiger partial charge is 0.341 e. The van der Waals surface area contributed by atoms with E-state index in [9.17, 15) is 4.79 Å². The minimum absolute atomic E-state index is 0.118. The van der Waals surface area contributed by atoms with E-state index in [1.807, 2.05) is 27.8 Å². The summed E-state index contributed by atoms with van der Waals surface area (Å²) in [5.74, 6) is -0.296. The second-order valence-corrected chi connectivity index (χ2v) is 4.50. The SMILES string of the molecule is CCOC(=O)c1cnn(C)c1C(C)(C)C. The van der Waals surface area contributed by atoms with Gasteiger partial charge >= 0.3 is 5.97 Å². The normalized spacial score (nSPS) is 11.5. The number of hydrogen-bond donors (Lipinski definition) is 0. The van der Waals surface area contributed by atoms with Crippen LogP contribution in [0.4, 0.5) is 0 Å². The molecule has 0 aliphatic carbocycles. The molecule has 15 heavy (non-hydrogen) atoms. The summed E-state index contributed by atoms with van der Waals surface area (Å²) in [6.07, 6.45) is 1.57. The Morgan fingerprint density at radius 1 is 1.53 bits per heavy atom. The van der Waals surface area contributed by atoms with Crippen molar-refractivity contribution < 1.29 is 9.53 Å². The predicted molar refractivity (Wildman–Crippen MR) is 57.9 cm³/mol. The molecule has 0 fully saturated rings. The summed E-state index contributed by atoms with van der Waals surface area (Å²) in [5.41, 5.74) is 1.35. The Hall–Kier alpha value is -1.32. The maximum Gasteiger partial charge on any atom is 0.341 e. The first-order valence-electron chi connectivity index (χ1n) is 5.07. The van der Waals surface area contributed by atoms with E-state index >= 15 is 0 Å². The van der Waals surface area contributed by atoms with Crippen LogP contribution < -0.4 is 0 Å². The topological polar surface area (TPSA) is 44.1 Å². The molecule has 84 valence electrons. The monoisotopic (exact) mass is 210 g/mol. The lowest BCUT2D eigenvalue weighted by molar-refractivity contribution is 0.0523. The van der Waals surface area contributed by atoms with Gasteiger partial charge in [0.2, 0.25) is 0 Å². The van der Waals surface area contributed by atoms with Gasteiger partial charge in [0.05, 0.1) is 18.5 Å². The standard InChI is InChI=1S/C11H18N2O2/c1-6-15-10(14)8-7-12-13(5)9(8)11(2,3)4/h7H,6H2,1-5H3. The van der Waals surface area contributed by atoms with Crippen LogP contribution in [0.1, 0.15) is 43.7 Å². The molecule has 0 amide bonds. The van der Waals surface area contributed by atoms with E-state index in [-0.39, 0.29) is 11.4 Å². The van der Waals surface area contributed by atoms with E-state index in [1.54, 1.807) is 17.8 Å². The van der Waals surface area contributed by atoms with E-state index in [0.29, 0.717) is 12.2 Å². The number of aromatic nitrogens is 2. The van der Waals surface area contributed by atoms with Crippen molar-refractivity contribution in [1.82, 2.24) is 9.78 Å². The summed E-state index contributed by atoms with van der Waals surface area (Å²) in [4.78, 5) is 11.6. The van der Waals surface area contributed by atoms with Gasteiger partial charge in [0.25, 0.3) is 0 Å². The number of nitrogens with zero attached hydrogens (tertiary/aromatic N) is 2. The number of carbonyl (C=O) groups excluding carboxylic acids is 1. The Morgan fingerprint density at radius 3 is 2.60 bits per heavy atom. The summed E-state index contributed by atoms with van der Waals surface area (Å²) < 4.78 is 6.71. The molecule has 0 saturated heterocycles. The van der Waals surface area contributed by atoms with E-state index in [1.165, 1.54) is 0 Å². The zero-order chi connectivity index (χ0) is 11.6. The van der Waals surface area contributed by atoms with Crippen LogP contribution in [0.3, 0.4) is 0 Å². The quantitative estimate of drug-likeness (QED) is 0.700. The average Bonchev–Trinajstić information content (AvgIpc) is 2.46. The van der Waals surface area contributed by atoms with Gasteiger partial charge in [-0.3, -0.25) is 4.68 Å². The van der Waals surface area contributed by atoms with Gasteiger partial charge in [0, 0.05) is 12.5 Å². The van der Waals surface area contributed by atoms with Gasteiger partial charge in [-0.05, 0) is 6.92 Å². The highest BCUT2D eigenvalue weighted by molar-refractivity contribution is 5.90. The highest BCUT2D eigenvalue weighted by atomic mass is 16.5. The number of rotatable bonds is 2. The van der Waals surface area contributed by atoms with E-state index in [4.69, 9.17) is 4.74 Å². The van der Waals surface area contributed by atoms with Gasteiger partial charge in [-0.2, -0.15) is 5.10 Å². The summed E-state index contributed by atoms with van der Waals surface area (Å²) in [6.45, 7) is 8.33. The molecule has 1 aromatic rings. The summed E-state index contributed by atoms with van der Waals surface area (Å²) >= 11 is 0. The number of aryl methyl sites for hydroxylation is 1. The Morgan fingerprint density at radius 2 is 2.13 bits per heavy atom. The largest absolute Gasteiger partial charge is 0.462 e. The second kappa shape index (κ2) is 4.04. The van der Waals surface area contributed by atoms with Crippen molar-refractivity contribution in [3.8, 4) is 0 Å². The molecule has 0 bridgehead atoms. The van der Waals surface area contributed by atoms with Gasteiger partial charge in [-0.25, -0.2) is 4.79 Å². The lowest BCUT2D eigenvalue weighted by atomic mass is 9.89. The molecule has 0 aliphatic heterocycles. The Labute approximate surface area is 90.2 Å². The number of carbonyl (C=O) groups is 1. The lowest BCUT2D eigenvalue weighted by Gasteiger charge is -2.20. The molecule has 0 aromatic carbocycles. The fourth-order valence-corrected chi connectivity index (χ4v) is 1.69. The molecule has 0 aliphatic rings. The van der Waals surface area contributed by atoms with Crippen molar-refractivity contribution >= 4 is 5.97 Å². The zero-order valence-corrected chi connectivity index (χ0v) is 10.00. The van der Waals surface area contributed by atoms with Crippen molar-refractivity contribution in [2.45, 2.75) is 33.1 Å². The van der Waals surface area contributed by atoms with Crippen LogP contribution in [0.2, 0.25) is 0 Å². The van der Waals surface area contributed by atoms with Crippen LogP contribution in [-0.4, -0.2) is 22.4 Å². The minimum atomic E-state index is -0.296. The third kappa shape index (κ3) is 2.37. The summed E-state index contributed by atoms with van der Waals surface area (Å²) in [6, 6.07) is 0. The van der Waals surface area contributed by atoms with E-state index < -0.39 is 0 Å². The molecule has 1 heterocycles. The molecule has 4 heteroatoms. The van der Waals surface area contributed by atoms with Gasteiger partial charge < -0.3 is 4.74 Å². The number of hydrogen-bond acceptors (Lipinski definition) is 3. The minimum Gasteiger partial charge on any atom is -0.462 e. The molecule has 0 saturated carbocycles. The maximum atomic E-state index is 11.6. The molecule has 0 spiro atoms. The third-order valence-electron chi connectivity index (χ3n) is 2.14. The first kappa shape index (κ1) is 11.8. The maximum absolute atomic E-state index is 11.6. The molecule has 0 atom stereocenters.